The molecule has 0 aromatic heterocycles. The van der Waals surface area contributed by atoms with Crippen LogP contribution in [0.5, 0.6) is 0 Å². The maximum absolute atomic E-state index is 4.32. The van der Waals surface area contributed by atoms with E-state index >= 15 is 0 Å². The molecule has 1 heteroatoms. The van der Waals surface area contributed by atoms with E-state index in [1.165, 1.54) is 37.5 Å². The summed E-state index contributed by atoms with van der Waals surface area (Å²) in [5, 5.41) is 4.32. The van der Waals surface area contributed by atoms with Crippen molar-refractivity contribution in [2.75, 3.05) is 0 Å². The zero-order valence-corrected chi connectivity index (χ0v) is 28.1. The van der Waals surface area contributed by atoms with Gasteiger partial charge in [-0.05, 0) is 198 Å². The first-order valence-electron chi connectivity index (χ1n) is 21.1. The Bertz CT molecular complexity index is 919. The Hall–Kier alpha value is -0.0400. The smallest absolute Gasteiger partial charge is 0.00698 e. The third kappa shape index (κ3) is 5.44. The van der Waals surface area contributed by atoms with E-state index in [1.54, 1.807) is 141 Å². The molecule has 0 bridgehead atoms. The van der Waals surface area contributed by atoms with E-state index in [0.29, 0.717) is 0 Å². The van der Waals surface area contributed by atoms with Gasteiger partial charge in [0.25, 0.3) is 0 Å². The fourth-order valence-electron chi connectivity index (χ4n) is 16.1. The minimum absolute atomic E-state index is 0.849. The van der Waals surface area contributed by atoms with Crippen molar-refractivity contribution in [2.45, 2.75) is 179 Å². The lowest BCUT2D eigenvalue weighted by Gasteiger charge is -2.60. The third-order valence-corrected chi connectivity index (χ3v) is 17.7. The lowest BCUT2D eigenvalue weighted by molar-refractivity contribution is -0.109. The highest BCUT2D eigenvalue weighted by molar-refractivity contribution is 5.04. The monoisotopic (exact) mass is 588 g/mol. The van der Waals surface area contributed by atoms with Crippen LogP contribution in [0.2, 0.25) is 0 Å². The normalized spacial score (nSPS) is 55.0. The summed E-state index contributed by atoms with van der Waals surface area (Å²) < 4.78 is 0. The SMILES string of the molecule is C1CCC2C(C1)CC(C1CCC(NC3CCC(C4CCC5CCC6CCCC7CCC4C5C67)CC3)CC1)C1CCCCC21. The van der Waals surface area contributed by atoms with Gasteiger partial charge in [-0.1, -0.05) is 51.4 Å². The van der Waals surface area contributed by atoms with Crippen LogP contribution in [0.3, 0.4) is 0 Å². The largest absolute Gasteiger partial charge is 0.311 e. The van der Waals surface area contributed by atoms with Crippen molar-refractivity contribution in [3.05, 3.63) is 0 Å². The van der Waals surface area contributed by atoms with Crippen LogP contribution in [-0.2, 0) is 0 Å². The summed E-state index contributed by atoms with van der Waals surface area (Å²) in [5.41, 5.74) is 0. The van der Waals surface area contributed by atoms with Crippen molar-refractivity contribution in [1.29, 1.82) is 0 Å². The minimum atomic E-state index is 0.849. The third-order valence-electron chi connectivity index (χ3n) is 17.7. The fraction of sp³-hybridized carbons (Fsp3) is 1.00. The van der Waals surface area contributed by atoms with Crippen LogP contribution in [0.1, 0.15) is 167 Å². The molecule has 0 heterocycles. The summed E-state index contributed by atoms with van der Waals surface area (Å²) in [4.78, 5) is 0. The average Bonchev–Trinajstić information content (AvgIpc) is 3.08. The Labute approximate surface area is 266 Å². The summed E-state index contributed by atoms with van der Waals surface area (Å²) in [7, 11) is 0. The van der Waals surface area contributed by atoms with Gasteiger partial charge in [0.15, 0.2) is 0 Å². The summed E-state index contributed by atoms with van der Waals surface area (Å²) >= 11 is 0. The van der Waals surface area contributed by atoms with Crippen LogP contribution >= 0.6 is 0 Å². The Morgan fingerprint density at radius 1 is 0.256 bits per heavy atom. The first kappa shape index (κ1) is 29.1. The van der Waals surface area contributed by atoms with Gasteiger partial charge in [-0.2, -0.15) is 0 Å². The number of fused-ring (bicyclic) bond motifs is 3. The summed E-state index contributed by atoms with van der Waals surface area (Å²) in [6.07, 6.45) is 41.0. The number of hydrogen-bond donors (Lipinski definition) is 1. The molecular formula is C42H69N. The van der Waals surface area contributed by atoms with Crippen molar-refractivity contribution in [1.82, 2.24) is 5.32 Å². The average molecular weight is 588 g/mol. The van der Waals surface area contributed by atoms with Gasteiger partial charge < -0.3 is 5.32 Å². The topological polar surface area (TPSA) is 12.0 Å². The molecule has 0 radical (unpaired) electrons. The quantitative estimate of drug-likeness (QED) is 0.345. The molecule has 12 unspecified atom stereocenters. The van der Waals surface area contributed by atoms with E-state index in [9.17, 15) is 0 Å². The van der Waals surface area contributed by atoms with Crippen molar-refractivity contribution < 1.29 is 0 Å². The Morgan fingerprint density at radius 3 is 1.37 bits per heavy atom. The fourth-order valence-corrected chi connectivity index (χ4v) is 16.1. The maximum Gasteiger partial charge on any atom is 0.00698 e. The molecule has 0 spiro atoms. The first-order valence-corrected chi connectivity index (χ1v) is 21.1. The van der Waals surface area contributed by atoms with Crippen LogP contribution in [0.4, 0.5) is 0 Å². The van der Waals surface area contributed by atoms with Gasteiger partial charge in [0, 0.05) is 12.1 Å². The van der Waals surface area contributed by atoms with Gasteiger partial charge >= 0.3 is 0 Å². The highest BCUT2D eigenvalue weighted by Gasteiger charge is 2.54. The van der Waals surface area contributed by atoms with Crippen molar-refractivity contribution >= 4 is 0 Å². The van der Waals surface area contributed by atoms with E-state index < -0.39 is 0 Å². The molecule has 0 saturated heterocycles. The zero-order chi connectivity index (χ0) is 28.3. The maximum atomic E-state index is 4.32. The number of rotatable bonds is 4. The molecule has 0 aliphatic heterocycles. The van der Waals surface area contributed by atoms with Crippen LogP contribution in [-0.4, -0.2) is 12.1 Å². The lowest BCUT2D eigenvalue weighted by Crippen LogP contribution is -2.53. The molecule has 9 saturated carbocycles. The summed E-state index contributed by atoms with van der Waals surface area (Å²) in [6, 6.07) is 1.70. The Kier molecular flexibility index (Phi) is 8.49. The van der Waals surface area contributed by atoms with Crippen LogP contribution in [0.15, 0.2) is 0 Å². The van der Waals surface area contributed by atoms with Gasteiger partial charge in [0.05, 0.1) is 0 Å². The van der Waals surface area contributed by atoms with Gasteiger partial charge in [-0.15, -0.1) is 0 Å². The molecule has 0 aromatic rings. The van der Waals surface area contributed by atoms with Crippen molar-refractivity contribution in [2.24, 2.45) is 82.9 Å². The van der Waals surface area contributed by atoms with Crippen LogP contribution in [0.25, 0.3) is 0 Å². The van der Waals surface area contributed by atoms with Crippen molar-refractivity contribution in [3.8, 4) is 0 Å². The molecular weight excluding hydrogens is 518 g/mol. The second-order valence-electron chi connectivity index (χ2n) is 19.0. The minimum Gasteiger partial charge on any atom is -0.311 e. The molecule has 242 valence electrons. The second-order valence-corrected chi connectivity index (χ2v) is 19.0. The van der Waals surface area contributed by atoms with E-state index in [0.717, 1.165) is 83.1 Å². The molecule has 9 aliphatic rings. The molecule has 9 fully saturated rings. The van der Waals surface area contributed by atoms with Gasteiger partial charge in [-0.3, -0.25) is 0 Å². The molecule has 12 atom stereocenters. The summed E-state index contributed by atoms with van der Waals surface area (Å²) in [5.74, 6) is 15.8. The molecule has 0 aromatic carbocycles. The predicted octanol–water partition coefficient (Wildman–Crippen LogP) is 11.2. The predicted molar refractivity (Wildman–Crippen MR) is 180 cm³/mol. The van der Waals surface area contributed by atoms with Crippen molar-refractivity contribution in [3.63, 3.8) is 0 Å². The standard InChI is InChI=1S/C42H69N/c1-2-9-35-32(6-1)26-40(38-11-4-3-10-37(35)38)28-16-22-34(23-17-28)43-33-20-14-27(15-21-33)36-24-18-31-13-12-29-7-5-8-30-19-25-39(36)42(31)41(29)30/h27-43H,1-26H2. The van der Waals surface area contributed by atoms with E-state index in [-0.39, 0.29) is 0 Å². The second kappa shape index (κ2) is 12.5. The molecule has 1 N–H and O–H groups in total. The van der Waals surface area contributed by atoms with Crippen LogP contribution in [0, 0.1) is 82.9 Å². The number of hydrogen-bond acceptors (Lipinski definition) is 1. The first-order chi connectivity index (χ1) is 21.3. The molecule has 9 rings (SSSR count). The highest BCUT2D eigenvalue weighted by Crippen LogP contribution is 2.63. The Morgan fingerprint density at radius 2 is 0.698 bits per heavy atom. The van der Waals surface area contributed by atoms with E-state index in [1.807, 2.05) is 0 Å². The zero-order valence-electron chi connectivity index (χ0n) is 28.1. The van der Waals surface area contributed by atoms with Gasteiger partial charge in [0.2, 0.25) is 0 Å². The van der Waals surface area contributed by atoms with Gasteiger partial charge in [-0.25, -0.2) is 0 Å². The van der Waals surface area contributed by atoms with Gasteiger partial charge in [0.1, 0.15) is 0 Å². The highest BCUT2D eigenvalue weighted by atomic mass is 15.0. The molecule has 1 nitrogen and oxygen atoms in total. The summed E-state index contributed by atoms with van der Waals surface area (Å²) in [6.45, 7) is 0. The molecule has 9 aliphatic carbocycles. The van der Waals surface area contributed by atoms with Crippen LogP contribution < -0.4 is 5.32 Å². The van der Waals surface area contributed by atoms with E-state index in [4.69, 9.17) is 0 Å². The molecule has 43 heavy (non-hydrogen) atoms. The number of nitrogens with one attached hydrogen (secondary N) is 1. The lowest BCUT2D eigenvalue weighted by atomic mass is 9.45. The Balaban J connectivity index is 0.772. The van der Waals surface area contributed by atoms with E-state index in [2.05, 4.69) is 5.32 Å². The molecule has 0 amide bonds.